The predicted octanol–water partition coefficient (Wildman–Crippen LogP) is 0.530. The fourth-order valence-corrected chi connectivity index (χ4v) is 1.32. The Morgan fingerprint density at radius 2 is 2.38 bits per heavy atom. The number of hydrogen-bond acceptors (Lipinski definition) is 3. The molecule has 0 saturated carbocycles. The van der Waals surface area contributed by atoms with Gasteiger partial charge in [0.2, 0.25) is 0 Å². The van der Waals surface area contributed by atoms with Gasteiger partial charge in [0.1, 0.15) is 5.56 Å². The van der Waals surface area contributed by atoms with Crippen molar-refractivity contribution >= 4 is 5.91 Å². The molecule has 0 aliphatic carbocycles. The molecule has 5 heteroatoms. The zero-order valence-electron chi connectivity index (χ0n) is 9.45. The molecule has 1 aromatic heterocycles. The number of aromatic amines is 1. The van der Waals surface area contributed by atoms with Gasteiger partial charge in [-0.2, -0.15) is 0 Å². The maximum Gasteiger partial charge on any atom is 0.257 e. The SMILES string of the molecule is CCC(COC)NC(=O)c1c[nH]ccc1=O. The van der Waals surface area contributed by atoms with Crippen LogP contribution in [-0.2, 0) is 4.74 Å². The first-order chi connectivity index (χ1) is 7.69. The van der Waals surface area contributed by atoms with Gasteiger partial charge in [-0.05, 0) is 6.42 Å². The highest BCUT2D eigenvalue weighted by atomic mass is 16.5. The van der Waals surface area contributed by atoms with Gasteiger partial charge in [-0.25, -0.2) is 0 Å². The standard InChI is InChI=1S/C11H16N2O3/c1-3-8(7-16-2)13-11(15)9-6-12-5-4-10(9)14/h4-6,8H,3,7H2,1-2H3,(H,12,14)(H,13,15). The Morgan fingerprint density at radius 1 is 1.62 bits per heavy atom. The first-order valence-electron chi connectivity index (χ1n) is 5.16. The number of H-pyrrole nitrogens is 1. The van der Waals surface area contributed by atoms with Crippen LogP contribution < -0.4 is 10.7 Å². The maximum absolute atomic E-state index is 11.7. The van der Waals surface area contributed by atoms with Crippen LogP contribution in [0.1, 0.15) is 23.7 Å². The minimum atomic E-state index is -0.370. The van der Waals surface area contributed by atoms with E-state index in [9.17, 15) is 9.59 Å². The topological polar surface area (TPSA) is 71.2 Å². The van der Waals surface area contributed by atoms with Crippen LogP contribution in [0, 0.1) is 0 Å². The molecular weight excluding hydrogens is 208 g/mol. The molecule has 0 radical (unpaired) electrons. The van der Waals surface area contributed by atoms with Gasteiger partial charge in [0.25, 0.3) is 5.91 Å². The second kappa shape index (κ2) is 6.07. The van der Waals surface area contributed by atoms with Gasteiger partial charge < -0.3 is 15.0 Å². The molecule has 1 atom stereocenters. The Balaban J connectivity index is 2.72. The molecule has 16 heavy (non-hydrogen) atoms. The first-order valence-corrected chi connectivity index (χ1v) is 5.16. The lowest BCUT2D eigenvalue weighted by Crippen LogP contribution is -2.39. The summed E-state index contributed by atoms with van der Waals surface area (Å²) in [5.41, 5.74) is -0.166. The summed E-state index contributed by atoms with van der Waals surface area (Å²) in [7, 11) is 1.57. The van der Waals surface area contributed by atoms with Crippen molar-refractivity contribution in [2.45, 2.75) is 19.4 Å². The minimum Gasteiger partial charge on any atom is -0.383 e. The van der Waals surface area contributed by atoms with Crippen LogP contribution in [0.5, 0.6) is 0 Å². The molecule has 1 aromatic rings. The average Bonchev–Trinajstić information content (AvgIpc) is 2.28. The zero-order valence-corrected chi connectivity index (χ0v) is 9.45. The van der Waals surface area contributed by atoms with E-state index in [4.69, 9.17) is 4.74 Å². The van der Waals surface area contributed by atoms with Crippen LogP contribution in [0.3, 0.4) is 0 Å². The third kappa shape index (κ3) is 3.20. The molecule has 0 saturated heterocycles. The van der Waals surface area contributed by atoms with Gasteiger partial charge in [-0.3, -0.25) is 9.59 Å². The summed E-state index contributed by atoms with van der Waals surface area (Å²) >= 11 is 0. The number of hydrogen-bond donors (Lipinski definition) is 2. The van der Waals surface area contributed by atoms with Gasteiger partial charge in [0.05, 0.1) is 12.6 Å². The van der Waals surface area contributed by atoms with Gasteiger partial charge >= 0.3 is 0 Å². The van der Waals surface area contributed by atoms with Crippen molar-refractivity contribution in [2.75, 3.05) is 13.7 Å². The molecule has 1 rings (SSSR count). The van der Waals surface area contributed by atoms with E-state index in [0.29, 0.717) is 6.61 Å². The molecule has 88 valence electrons. The van der Waals surface area contributed by atoms with Gasteiger partial charge in [-0.1, -0.05) is 6.92 Å². The van der Waals surface area contributed by atoms with Crippen LogP contribution in [0.25, 0.3) is 0 Å². The van der Waals surface area contributed by atoms with E-state index in [2.05, 4.69) is 10.3 Å². The molecule has 0 spiro atoms. The van der Waals surface area contributed by atoms with Crippen molar-refractivity contribution in [3.05, 3.63) is 34.2 Å². The molecular formula is C11H16N2O3. The minimum absolute atomic E-state index is 0.0721. The Labute approximate surface area is 93.8 Å². The van der Waals surface area contributed by atoms with Crippen LogP contribution in [0.4, 0.5) is 0 Å². The number of methoxy groups -OCH3 is 1. The maximum atomic E-state index is 11.7. The number of pyridine rings is 1. The third-order valence-electron chi connectivity index (χ3n) is 2.26. The number of carbonyl (C=O) groups is 1. The first kappa shape index (κ1) is 12.4. The Bertz CT molecular complexity index is 400. The van der Waals surface area contributed by atoms with Crippen molar-refractivity contribution < 1.29 is 9.53 Å². The Kier molecular flexibility index (Phi) is 4.72. The molecule has 0 aliphatic rings. The number of carbonyl (C=O) groups excluding carboxylic acids is 1. The lowest BCUT2D eigenvalue weighted by atomic mass is 10.2. The van der Waals surface area contributed by atoms with E-state index in [0.717, 1.165) is 6.42 Å². The summed E-state index contributed by atoms with van der Waals surface area (Å²) in [5.74, 6) is -0.370. The van der Waals surface area contributed by atoms with Crippen LogP contribution in [0.15, 0.2) is 23.3 Å². The van der Waals surface area contributed by atoms with E-state index >= 15 is 0 Å². The van der Waals surface area contributed by atoms with E-state index < -0.39 is 0 Å². The normalized spacial score (nSPS) is 12.1. The number of nitrogens with one attached hydrogen (secondary N) is 2. The Morgan fingerprint density at radius 3 is 2.94 bits per heavy atom. The van der Waals surface area contributed by atoms with E-state index in [1.807, 2.05) is 6.92 Å². The number of ether oxygens (including phenoxy) is 1. The molecule has 1 unspecified atom stereocenters. The average molecular weight is 224 g/mol. The van der Waals surface area contributed by atoms with Crippen LogP contribution in [-0.4, -0.2) is 30.6 Å². The molecule has 5 nitrogen and oxygen atoms in total. The second-order valence-corrected chi connectivity index (χ2v) is 3.46. The van der Waals surface area contributed by atoms with Crippen molar-refractivity contribution in [3.8, 4) is 0 Å². The summed E-state index contributed by atoms with van der Waals surface area (Å²) in [6, 6.07) is 1.25. The largest absolute Gasteiger partial charge is 0.383 e. The molecule has 0 aromatic carbocycles. The predicted molar refractivity (Wildman–Crippen MR) is 60.5 cm³/mol. The summed E-state index contributed by atoms with van der Waals surface area (Å²) in [6.07, 6.45) is 3.65. The highest BCUT2D eigenvalue weighted by Crippen LogP contribution is 1.95. The molecule has 1 heterocycles. The number of amides is 1. The van der Waals surface area contributed by atoms with Gasteiger partial charge in [0.15, 0.2) is 5.43 Å². The smallest absolute Gasteiger partial charge is 0.257 e. The summed E-state index contributed by atoms with van der Waals surface area (Å²) in [6.45, 7) is 2.38. The van der Waals surface area contributed by atoms with Gasteiger partial charge in [0, 0.05) is 25.6 Å². The fourth-order valence-electron chi connectivity index (χ4n) is 1.32. The summed E-state index contributed by atoms with van der Waals surface area (Å²) in [4.78, 5) is 25.8. The lowest BCUT2D eigenvalue weighted by molar-refractivity contribution is 0.0893. The molecule has 2 N–H and O–H groups in total. The van der Waals surface area contributed by atoms with Gasteiger partial charge in [-0.15, -0.1) is 0 Å². The number of rotatable bonds is 5. The molecule has 1 amide bonds. The second-order valence-electron chi connectivity index (χ2n) is 3.46. The molecule has 0 fully saturated rings. The monoisotopic (exact) mass is 224 g/mol. The van der Waals surface area contributed by atoms with Crippen molar-refractivity contribution in [2.24, 2.45) is 0 Å². The van der Waals surface area contributed by atoms with E-state index in [1.54, 1.807) is 7.11 Å². The third-order valence-corrected chi connectivity index (χ3v) is 2.26. The molecule has 0 bridgehead atoms. The van der Waals surface area contributed by atoms with E-state index in [1.165, 1.54) is 18.5 Å². The molecule has 0 aliphatic heterocycles. The quantitative estimate of drug-likeness (QED) is 0.766. The summed E-state index contributed by atoms with van der Waals surface area (Å²) in [5, 5.41) is 2.74. The zero-order chi connectivity index (χ0) is 12.0. The van der Waals surface area contributed by atoms with Crippen LogP contribution in [0.2, 0.25) is 0 Å². The van der Waals surface area contributed by atoms with Crippen molar-refractivity contribution in [1.29, 1.82) is 0 Å². The summed E-state index contributed by atoms with van der Waals surface area (Å²) < 4.78 is 4.96. The van der Waals surface area contributed by atoms with Crippen molar-refractivity contribution in [1.82, 2.24) is 10.3 Å². The van der Waals surface area contributed by atoms with Crippen LogP contribution >= 0.6 is 0 Å². The van der Waals surface area contributed by atoms with Crippen molar-refractivity contribution in [3.63, 3.8) is 0 Å². The number of aromatic nitrogens is 1. The Hall–Kier alpha value is -1.62. The fraction of sp³-hybridized carbons (Fsp3) is 0.455. The highest BCUT2D eigenvalue weighted by molar-refractivity contribution is 5.93. The highest BCUT2D eigenvalue weighted by Gasteiger charge is 2.13. The van der Waals surface area contributed by atoms with E-state index in [-0.39, 0.29) is 22.9 Å². The lowest BCUT2D eigenvalue weighted by Gasteiger charge is -2.15.